The minimum atomic E-state index is -0.775. The summed E-state index contributed by atoms with van der Waals surface area (Å²) in [6.07, 6.45) is 0. The van der Waals surface area contributed by atoms with E-state index in [0.29, 0.717) is 10.0 Å². The van der Waals surface area contributed by atoms with E-state index in [9.17, 15) is 24.1 Å². The largest absolute Gasteiger partial charge is 0.366 e. The van der Waals surface area contributed by atoms with Crippen molar-refractivity contribution in [2.45, 2.75) is 11.4 Å². The number of carbonyl (C=O) groups excluding carboxylic acids is 2. The number of nitrogens with two attached hydrogens (primary N) is 1. The summed E-state index contributed by atoms with van der Waals surface area (Å²) in [5, 5.41) is 13.7. The van der Waals surface area contributed by atoms with E-state index in [0.717, 1.165) is 17.8 Å². The molecule has 0 aliphatic rings. The van der Waals surface area contributed by atoms with E-state index in [1.807, 2.05) is 0 Å². The molecular formula is C16H13BrFN3O4S. The Kier molecular flexibility index (Phi) is 6.70. The number of amides is 2. The number of nitrogens with one attached hydrogen (secondary N) is 1. The number of halogens is 2. The van der Waals surface area contributed by atoms with Crippen LogP contribution in [0.2, 0.25) is 0 Å². The van der Waals surface area contributed by atoms with Crippen molar-refractivity contribution in [2.24, 2.45) is 5.73 Å². The van der Waals surface area contributed by atoms with Gasteiger partial charge in [0.15, 0.2) is 0 Å². The Morgan fingerprint density at radius 3 is 2.65 bits per heavy atom. The Morgan fingerprint density at radius 2 is 2.00 bits per heavy atom. The maximum absolute atomic E-state index is 13.2. The molecule has 0 aromatic heterocycles. The molecule has 2 aromatic rings. The predicted octanol–water partition coefficient (Wildman–Crippen LogP) is 3.00. The summed E-state index contributed by atoms with van der Waals surface area (Å²) in [4.78, 5) is 33.8. The van der Waals surface area contributed by atoms with Crippen LogP contribution in [0.15, 0.2) is 45.8 Å². The highest BCUT2D eigenvalue weighted by Crippen LogP contribution is 2.30. The zero-order valence-corrected chi connectivity index (χ0v) is 15.6. The van der Waals surface area contributed by atoms with Crippen LogP contribution in [0.5, 0.6) is 0 Å². The molecule has 7 nitrogen and oxygen atoms in total. The number of nitrogens with zero attached hydrogens (tertiary/aromatic N) is 1. The quantitative estimate of drug-likeness (QED) is 0.389. The molecular weight excluding hydrogens is 429 g/mol. The highest BCUT2D eigenvalue weighted by molar-refractivity contribution is 9.10. The van der Waals surface area contributed by atoms with Crippen LogP contribution < -0.4 is 11.1 Å². The minimum Gasteiger partial charge on any atom is -0.366 e. The van der Waals surface area contributed by atoms with Gasteiger partial charge in [0.25, 0.3) is 5.69 Å². The van der Waals surface area contributed by atoms with Crippen molar-refractivity contribution in [2.75, 3.05) is 5.75 Å². The lowest BCUT2D eigenvalue weighted by Crippen LogP contribution is -2.24. The van der Waals surface area contributed by atoms with Crippen LogP contribution in [0.4, 0.5) is 10.1 Å². The third-order valence-electron chi connectivity index (χ3n) is 3.28. The van der Waals surface area contributed by atoms with Gasteiger partial charge in [0, 0.05) is 22.6 Å². The molecule has 2 rings (SSSR count). The van der Waals surface area contributed by atoms with Gasteiger partial charge in [0.2, 0.25) is 11.8 Å². The molecule has 0 radical (unpaired) electrons. The summed E-state index contributed by atoms with van der Waals surface area (Å²) in [5.41, 5.74) is 5.40. The lowest BCUT2D eigenvalue weighted by molar-refractivity contribution is -0.387. The van der Waals surface area contributed by atoms with E-state index in [2.05, 4.69) is 21.2 Å². The van der Waals surface area contributed by atoms with Gasteiger partial charge in [-0.1, -0.05) is 15.9 Å². The van der Waals surface area contributed by atoms with E-state index in [1.165, 1.54) is 30.3 Å². The van der Waals surface area contributed by atoms with Crippen molar-refractivity contribution in [1.29, 1.82) is 0 Å². The standard InChI is InChI=1S/C16H13BrFN3O4S/c17-12-3-2-11(18)5-10(12)7-20-15(22)8-26-14-4-1-9(16(19)23)6-13(14)21(24)25/h1-6H,7-8H2,(H2,19,23)(H,20,22). The van der Waals surface area contributed by atoms with Crippen LogP contribution in [-0.2, 0) is 11.3 Å². The van der Waals surface area contributed by atoms with Crippen LogP contribution in [-0.4, -0.2) is 22.5 Å². The van der Waals surface area contributed by atoms with Crippen LogP contribution >= 0.6 is 27.7 Å². The fraction of sp³-hybridized carbons (Fsp3) is 0.125. The molecule has 0 unspecified atom stereocenters. The molecule has 0 aliphatic carbocycles. The molecule has 0 fully saturated rings. The zero-order valence-electron chi connectivity index (χ0n) is 13.2. The van der Waals surface area contributed by atoms with Crippen LogP contribution in [0.1, 0.15) is 15.9 Å². The molecule has 0 bridgehead atoms. The molecule has 0 atom stereocenters. The van der Waals surface area contributed by atoms with E-state index >= 15 is 0 Å². The summed E-state index contributed by atoms with van der Waals surface area (Å²) < 4.78 is 13.9. The normalized spacial score (nSPS) is 10.4. The molecule has 0 aliphatic heterocycles. The third-order valence-corrected chi connectivity index (χ3v) is 5.12. The van der Waals surface area contributed by atoms with E-state index in [4.69, 9.17) is 5.73 Å². The molecule has 0 heterocycles. The smallest absolute Gasteiger partial charge is 0.283 e. The summed E-state index contributed by atoms with van der Waals surface area (Å²) >= 11 is 4.22. The Hall–Kier alpha value is -2.46. The fourth-order valence-corrected chi connectivity index (χ4v) is 3.22. The molecule has 3 N–H and O–H groups in total. The van der Waals surface area contributed by atoms with Crippen molar-refractivity contribution in [1.82, 2.24) is 5.32 Å². The second-order valence-electron chi connectivity index (χ2n) is 5.11. The Labute approximate surface area is 160 Å². The van der Waals surface area contributed by atoms with Gasteiger partial charge in [-0.05, 0) is 35.9 Å². The molecule has 2 aromatic carbocycles. The maximum atomic E-state index is 13.2. The summed E-state index contributed by atoms with van der Waals surface area (Å²) in [5.74, 6) is -1.65. The summed E-state index contributed by atoms with van der Waals surface area (Å²) in [6, 6.07) is 7.94. The highest BCUT2D eigenvalue weighted by Gasteiger charge is 2.18. The summed E-state index contributed by atoms with van der Waals surface area (Å²) in [6.45, 7) is 0.112. The molecule has 26 heavy (non-hydrogen) atoms. The third kappa shape index (κ3) is 5.27. The minimum absolute atomic E-state index is 0.0152. The first-order valence-electron chi connectivity index (χ1n) is 7.19. The highest BCUT2D eigenvalue weighted by atomic mass is 79.9. The molecule has 0 spiro atoms. The number of primary amides is 1. The van der Waals surface area contributed by atoms with Crippen LogP contribution in [0.3, 0.4) is 0 Å². The number of hydrogen-bond donors (Lipinski definition) is 2. The van der Waals surface area contributed by atoms with Gasteiger partial charge in [-0.25, -0.2) is 4.39 Å². The average Bonchev–Trinajstić information content (AvgIpc) is 2.60. The van der Waals surface area contributed by atoms with Gasteiger partial charge in [0.05, 0.1) is 15.6 Å². The van der Waals surface area contributed by atoms with Crippen molar-refractivity contribution in [3.05, 3.63) is 67.9 Å². The van der Waals surface area contributed by atoms with Crippen molar-refractivity contribution in [3.8, 4) is 0 Å². The molecule has 0 saturated carbocycles. The predicted molar refractivity (Wildman–Crippen MR) is 98.3 cm³/mol. The van der Waals surface area contributed by atoms with E-state index in [-0.39, 0.29) is 34.4 Å². The van der Waals surface area contributed by atoms with Gasteiger partial charge < -0.3 is 11.1 Å². The Balaban J connectivity index is 1.99. The molecule has 2 amide bonds. The zero-order chi connectivity index (χ0) is 19.3. The maximum Gasteiger partial charge on any atom is 0.283 e. The first-order valence-corrected chi connectivity index (χ1v) is 8.97. The number of nitro groups is 1. The number of benzene rings is 2. The van der Waals surface area contributed by atoms with Crippen molar-refractivity contribution < 1.29 is 18.9 Å². The van der Waals surface area contributed by atoms with Crippen LogP contribution in [0.25, 0.3) is 0 Å². The van der Waals surface area contributed by atoms with Crippen LogP contribution in [0, 0.1) is 15.9 Å². The average molecular weight is 442 g/mol. The van der Waals surface area contributed by atoms with Crippen molar-refractivity contribution >= 4 is 45.2 Å². The van der Waals surface area contributed by atoms with E-state index in [1.54, 1.807) is 0 Å². The molecule has 10 heteroatoms. The Morgan fingerprint density at radius 1 is 1.27 bits per heavy atom. The molecule has 136 valence electrons. The number of rotatable bonds is 7. The lowest BCUT2D eigenvalue weighted by atomic mass is 10.2. The Bertz CT molecular complexity index is 879. The van der Waals surface area contributed by atoms with Crippen molar-refractivity contribution in [3.63, 3.8) is 0 Å². The molecule has 0 saturated heterocycles. The number of nitro benzene ring substituents is 1. The number of hydrogen-bond acceptors (Lipinski definition) is 5. The fourth-order valence-electron chi connectivity index (χ4n) is 2.00. The SMILES string of the molecule is NC(=O)c1ccc(SCC(=O)NCc2cc(F)ccc2Br)c([N+](=O)[O-])c1. The summed E-state index contributed by atoms with van der Waals surface area (Å²) in [7, 11) is 0. The first kappa shape index (κ1) is 19.9. The lowest BCUT2D eigenvalue weighted by Gasteiger charge is -2.08. The second kappa shape index (κ2) is 8.77. The number of thioether (sulfide) groups is 1. The van der Waals surface area contributed by atoms with Gasteiger partial charge >= 0.3 is 0 Å². The van der Waals surface area contributed by atoms with Gasteiger partial charge in [-0.2, -0.15) is 0 Å². The van der Waals surface area contributed by atoms with Gasteiger partial charge in [0.1, 0.15) is 5.82 Å². The van der Waals surface area contributed by atoms with Gasteiger partial charge in [-0.15, -0.1) is 11.8 Å². The topological polar surface area (TPSA) is 115 Å². The van der Waals surface area contributed by atoms with Gasteiger partial charge in [-0.3, -0.25) is 19.7 Å². The second-order valence-corrected chi connectivity index (χ2v) is 6.98. The van der Waals surface area contributed by atoms with E-state index < -0.39 is 16.6 Å². The first-order chi connectivity index (χ1) is 12.3. The number of carbonyl (C=O) groups is 2. The monoisotopic (exact) mass is 441 g/mol.